The number of nitrogens with one attached hydrogen (secondary N) is 2. The number of ether oxygens (including phenoxy) is 1. The molecule has 2 aromatic carbocycles. The Morgan fingerprint density at radius 3 is 2.54 bits per heavy atom. The second-order valence-corrected chi connectivity index (χ2v) is 10.9. The summed E-state index contributed by atoms with van der Waals surface area (Å²) in [7, 11) is 1.56. The monoisotopic (exact) mass is 654 g/mol. The second kappa shape index (κ2) is 14.6. The average Bonchev–Trinajstić information content (AvgIpc) is 3.06. The van der Waals surface area contributed by atoms with Crippen molar-refractivity contribution >= 4 is 69.3 Å². The molecule has 0 radical (unpaired) electrons. The number of benzene rings is 2. The highest BCUT2D eigenvalue weighted by Crippen LogP contribution is 2.35. The van der Waals surface area contributed by atoms with Crippen molar-refractivity contribution < 1.29 is 19.1 Å². The number of likely N-dealkylation sites (N-methyl/N-ethyl adjacent to an activating group) is 1. The smallest absolute Gasteiger partial charge is 0.274 e. The van der Waals surface area contributed by atoms with Crippen molar-refractivity contribution in [1.29, 1.82) is 0 Å². The molecule has 12 heteroatoms. The molecular weight excluding hydrogens is 627 g/mol. The maximum absolute atomic E-state index is 13.0. The normalized spacial score (nSPS) is 11.0. The number of anilines is 2. The van der Waals surface area contributed by atoms with Gasteiger partial charge in [-0.25, -0.2) is 4.98 Å². The molecule has 0 saturated heterocycles. The van der Waals surface area contributed by atoms with Crippen molar-refractivity contribution in [3.05, 3.63) is 124 Å². The molecule has 0 atom stereocenters. The van der Waals surface area contributed by atoms with Gasteiger partial charge in [-0.2, -0.15) is 0 Å². The molecule has 3 amide bonds. The summed E-state index contributed by atoms with van der Waals surface area (Å²) in [6.45, 7) is 1.68. The van der Waals surface area contributed by atoms with E-state index in [1.54, 1.807) is 55.8 Å². The fraction of sp³-hybridized carbons (Fsp3) is 0.118. The van der Waals surface area contributed by atoms with Crippen LogP contribution in [0.1, 0.15) is 27.3 Å². The Balaban J connectivity index is 1.16. The molecule has 3 heterocycles. The van der Waals surface area contributed by atoms with Crippen LogP contribution >= 0.6 is 23.2 Å². The fourth-order valence-corrected chi connectivity index (χ4v) is 4.98. The molecule has 5 aromatic rings. The number of hydrogen-bond donors (Lipinski definition) is 2. The zero-order chi connectivity index (χ0) is 32.6. The van der Waals surface area contributed by atoms with E-state index in [1.165, 1.54) is 23.2 Å². The third-order valence-electron chi connectivity index (χ3n) is 6.89. The summed E-state index contributed by atoms with van der Waals surface area (Å²) in [5.41, 5.74) is 3.90. The third-order valence-corrected chi connectivity index (χ3v) is 7.67. The van der Waals surface area contributed by atoms with Crippen molar-refractivity contribution in [3.63, 3.8) is 0 Å². The molecule has 0 aliphatic rings. The van der Waals surface area contributed by atoms with E-state index in [1.807, 2.05) is 37.3 Å². The first-order chi connectivity index (χ1) is 22.2. The van der Waals surface area contributed by atoms with Gasteiger partial charge in [0.2, 0.25) is 11.8 Å². The summed E-state index contributed by atoms with van der Waals surface area (Å²) < 4.78 is 6.08. The quantitative estimate of drug-likeness (QED) is 0.170. The number of halogens is 2. The van der Waals surface area contributed by atoms with Gasteiger partial charge in [0.05, 0.1) is 17.3 Å². The van der Waals surface area contributed by atoms with Gasteiger partial charge in [0, 0.05) is 59.1 Å². The highest BCUT2D eigenvalue weighted by atomic mass is 35.5. The summed E-state index contributed by atoms with van der Waals surface area (Å²) in [5, 5.41) is 6.86. The van der Waals surface area contributed by atoms with Gasteiger partial charge in [-0.1, -0.05) is 47.5 Å². The number of aryl methyl sites for hydroxylation is 1. The SMILES string of the molecule is Cc1ccc2cccc(OCc3c(Cl)ccc(N(C)C(=O)CNC(=O)/C=C/c4ccc(C(=O)Nc5ccncc5)nc4)c3Cl)c2n1. The number of rotatable bonds is 10. The predicted octanol–water partition coefficient (Wildman–Crippen LogP) is 6.26. The highest BCUT2D eigenvalue weighted by Gasteiger charge is 2.19. The van der Waals surface area contributed by atoms with Crippen LogP contribution in [0.2, 0.25) is 10.0 Å². The first kappa shape index (κ1) is 32.1. The van der Waals surface area contributed by atoms with E-state index in [-0.39, 0.29) is 29.8 Å². The molecule has 0 aliphatic heterocycles. The van der Waals surface area contributed by atoms with E-state index in [9.17, 15) is 14.4 Å². The van der Waals surface area contributed by atoms with Gasteiger partial charge < -0.3 is 20.3 Å². The summed E-state index contributed by atoms with van der Waals surface area (Å²) in [4.78, 5) is 51.7. The minimum Gasteiger partial charge on any atom is -0.487 e. The second-order valence-electron chi connectivity index (χ2n) is 10.1. The average molecular weight is 656 g/mol. The minimum absolute atomic E-state index is 0.0506. The number of para-hydroxylation sites is 1. The van der Waals surface area contributed by atoms with Crippen LogP contribution in [0.4, 0.5) is 11.4 Å². The molecule has 232 valence electrons. The summed E-state index contributed by atoms with van der Waals surface area (Å²) in [5.74, 6) is -0.689. The minimum atomic E-state index is -0.489. The third kappa shape index (κ3) is 7.84. The molecular formula is C34H28Cl2N6O4. The lowest BCUT2D eigenvalue weighted by Crippen LogP contribution is -2.37. The number of pyridine rings is 3. The lowest BCUT2D eigenvalue weighted by molar-refractivity contribution is -0.122. The van der Waals surface area contributed by atoms with E-state index < -0.39 is 11.8 Å². The van der Waals surface area contributed by atoms with Crippen LogP contribution in [0.3, 0.4) is 0 Å². The van der Waals surface area contributed by atoms with Crippen LogP contribution in [0.15, 0.2) is 91.4 Å². The molecule has 46 heavy (non-hydrogen) atoms. The maximum Gasteiger partial charge on any atom is 0.274 e. The standard InChI is InChI=1S/C34H28Cl2N6O4/c1-21-6-9-23-4-3-5-29(33(23)40-21)46-20-25-26(35)10-12-28(32(25)36)42(2)31(44)19-39-30(43)13-8-22-7-11-27(38-18-22)34(45)41-24-14-16-37-17-15-24/h3-18H,19-20H2,1-2H3,(H,39,43)(H,37,41,45)/b13-8+. The molecule has 0 unspecified atom stereocenters. The number of carbonyl (C=O) groups is 3. The number of nitrogens with zero attached hydrogens (tertiary/aromatic N) is 4. The molecule has 0 bridgehead atoms. The van der Waals surface area contributed by atoms with Crippen LogP contribution < -0.4 is 20.3 Å². The van der Waals surface area contributed by atoms with Gasteiger partial charge in [-0.15, -0.1) is 0 Å². The van der Waals surface area contributed by atoms with Gasteiger partial charge in [0.25, 0.3) is 5.91 Å². The van der Waals surface area contributed by atoms with E-state index in [4.69, 9.17) is 27.9 Å². The lowest BCUT2D eigenvalue weighted by atomic mass is 10.1. The summed E-state index contributed by atoms with van der Waals surface area (Å²) in [6, 6.07) is 19.4. The molecule has 0 aliphatic carbocycles. The van der Waals surface area contributed by atoms with Crippen molar-refractivity contribution in [2.45, 2.75) is 13.5 Å². The van der Waals surface area contributed by atoms with Gasteiger partial charge >= 0.3 is 0 Å². The topological polar surface area (TPSA) is 126 Å². The Morgan fingerprint density at radius 1 is 0.978 bits per heavy atom. The number of amides is 3. The van der Waals surface area contributed by atoms with Crippen molar-refractivity contribution in [2.75, 3.05) is 23.8 Å². The summed E-state index contributed by atoms with van der Waals surface area (Å²) in [6.07, 6.45) is 7.40. The maximum atomic E-state index is 13.0. The van der Waals surface area contributed by atoms with Crippen molar-refractivity contribution in [3.8, 4) is 5.75 Å². The number of hydrogen-bond acceptors (Lipinski definition) is 7. The van der Waals surface area contributed by atoms with Crippen LogP contribution in [0.25, 0.3) is 17.0 Å². The van der Waals surface area contributed by atoms with Gasteiger partial charge in [0.15, 0.2) is 0 Å². The molecule has 10 nitrogen and oxygen atoms in total. The Labute approximate surface area is 275 Å². The van der Waals surface area contributed by atoms with Gasteiger partial charge in [-0.05, 0) is 61.0 Å². The van der Waals surface area contributed by atoms with Gasteiger partial charge in [-0.3, -0.25) is 24.4 Å². The van der Waals surface area contributed by atoms with Crippen molar-refractivity contribution in [2.24, 2.45) is 0 Å². The zero-order valence-corrected chi connectivity index (χ0v) is 26.3. The Kier molecular flexibility index (Phi) is 10.2. The largest absolute Gasteiger partial charge is 0.487 e. The van der Waals surface area contributed by atoms with Crippen LogP contribution in [-0.2, 0) is 16.2 Å². The molecule has 5 rings (SSSR count). The molecule has 0 saturated carbocycles. The molecule has 3 aromatic heterocycles. The molecule has 2 N–H and O–H groups in total. The first-order valence-electron chi connectivity index (χ1n) is 14.1. The fourth-order valence-electron chi connectivity index (χ4n) is 4.38. The predicted molar refractivity (Wildman–Crippen MR) is 179 cm³/mol. The molecule has 0 spiro atoms. The van der Waals surface area contributed by atoms with E-state index in [0.717, 1.165) is 16.6 Å². The van der Waals surface area contributed by atoms with Crippen LogP contribution in [0, 0.1) is 6.92 Å². The first-order valence-corrected chi connectivity index (χ1v) is 14.8. The molecule has 0 fully saturated rings. The Hall–Kier alpha value is -5.32. The zero-order valence-electron chi connectivity index (χ0n) is 24.8. The Bertz CT molecular complexity index is 1930. The van der Waals surface area contributed by atoms with Crippen LogP contribution in [0.5, 0.6) is 5.75 Å². The van der Waals surface area contributed by atoms with Crippen LogP contribution in [-0.4, -0.2) is 46.3 Å². The van der Waals surface area contributed by atoms with Gasteiger partial charge in [0.1, 0.15) is 23.6 Å². The lowest BCUT2D eigenvalue weighted by Gasteiger charge is -2.21. The Morgan fingerprint density at radius 2 is 1.78 bits per heavy atom. The summed E-state index contributed by atoms with van der Waals surface area (Å²) >= 11 is 13.2. The highest BCUT2D eigenvalue weighted by molar-refractivity contribution is 6.38. The number of aromatic nitrogens is 3. The van der Waals surface area contributed by atoms with E-state index >= 15 is 0 Å². The van der Waals surface area contributed by atoms with Crippen molar-refractivity contribution in [1.82, 2.24) is 20.3 Å². The number of fused-ring (bicyclic) bond motifs is 1. The van der Waals surface area contributed by atoms with E-state index in [0.29, 0.717) is 33.3 Å². The van der Waals surface area contributed by atoms with E-state index in [2.05, 4.69) is 25.6 Å². The number of carbonyl (C=O) groups excluding carboxylic acids is 3.